The Bertz CT molecular complexity index is 414. The minimum atomic E-state index is 0.676. The van der Waals surface area contributed by atoms with Gasteiger partial charge in [0, 0.05) is 38.3 Å². The zero-order chi connectivity index (χ0) is 14.5. The lowest BCUT2D eigenvalue weighted by Crippen LogP contribution is -2.54. The average Bonchev–Trinajstić information content (AvgIpc) is 2.47. The van der Waals surface area contributed by atoms with E-state index in [1.165, 1.54) is 37.2 Å². The largest absolute Gasteiger partial charge is 0.298 e. The zero-order valence-corrected chi connectivity index (χ0v) is 13.6. The van der Waals surface area contributed by atoms with E-state index < -0.39 is 0 Å². The first-order valence-corrected chi connectivity index (χ1v) is 8.20. The molecule has 1 fully saturated rings. The Balaban J connectivity index is 2.01. The predicted octanol–water partition coefficient (Wildman–Crippen LogP) is 3.55. The van der Waals surface area contributed by atoms with Crippen LogP contribution in [0.5, 0.6) is 0 Å². The van der Waals surface area contributed by atoms with Gasteiger partial charge in [0.1, 0.15) is 0 Å². The summed E-state index contributed by atoms with van der Waals surface area (Å²) in [5.74, 6) is 0. The minimum absolute atomic E-state index is 0.676. The Morgan fingerprint density at radius 1 is 1.15 bits per heavy atom. The van der Waals surface area contributed by atoms with E-state index in [1.54, 1.807) is 0 Å². The van der Waals surface area contributed by atoms with Gasteiger partial charge in [-0.15, -0.1) is 0 Å². The molecule has 0 N–H and O–H groups in total. The topological polar surface area (TPSA) is 6.48 Å². The van der Waals surface area contributed by atoms with Crippen molar-refractivity contribution in [3.8, 4) is 0 Å². The van der Waals surface area contributed by atoms with Crippen molar-refractivity contribution in [1.29, 1.82) is 0 Å². The molecule has 0 bridgehead atoms. The van der Waals surface area contributed by atoms with Gasteiger partial charge in [-0.1, -0.05) is 38.1 Å². The molecule has 20 heavy (non-hydrogen) atoms. The highest BCUT2D eigenvalue weighted by molar-refractivity contribution is 5.23. The van der Waals surface area contributed by atoms with Gasteiger partial charge in [0.15, 0.2) is 0 Å². The van der Waals surface area contributed by atoms with Crippen LogP contribution in [-0.2, 0) is 13.0 Å². The second-order valence-electron chi connectivity index (χ2n) is 6.29. The van der Waals surface area contributed by atoms with Crippen molar-refractivity contribution in [2.75, 3.05) is 19.6 Å². The molecule has 1 heterocycles. The molecule has 1 aliphatic rings. The summed E-state index contributed by atoms with van der Waals surface area (Å²) in [7, 11) is 0. The molecule has 1 unspecified atom stereocenters. The van der Waals surface area contributed by atoms with E-state index >= 15 is 0 Å². The van der Waals surface area contributed by atoms with Crippen LogP contribution in [0.15, 0.2) is 24.3 Å². The van der Waals surface area contributed by atoms with Crippen LogP contribution in [-0.4, -0.2) is 41.5 Å². The van der Waals surface area contributed by atoms with E-state index in [9.17, 15) is 0 Å². The van der Waals surface area contributed by atoms with E-state index in [0.717, 1.165) is 13.0 Å². The van der Waals surface area contributed by atoms with Gasteiger partial charge in [0.05, 0.1) is 0 Å². The van der Waals surface area contributed by atoms with Crippen molar-refractivity contribution in [2.24, 2.45) is 0 Å². The summed E-state index contributed by atoms with van der Waals surface area (Å²) in [5.41, 5.74) is 2.93. The van der Waals surface area contributed by atoms with Gasteiger partial charge in [0.2, 0.25) is 0 Å². The van der Waals surface area contributed by atoms with Gasteiger partial charge in [-0.3, -0.25) is 9.80 Å². The quantitative estimate of drug-likeness (QED) is 0.810. The van der Waals surface area contributed by atoms with Crippen LogP contribution in [0.1, 0.15) is 45.2 Å². The molecule has 0 saturated carbocycles. The summed E-state index contributed by atoms with van der Waals surface area (Å²) in [6, 6.07) is 10.5. The van der Waals surface area contributed by atoms with Crippen molar-refractivity contribution in [2.45, 2.75) is 59.2 Å². The lowest BCUT2D eigenvalue weighted by molar-refractivity contribution is 0.0494. The summed E-state index contributed by atoms with van der Waals surface area (Å²) >= 11 is 0. The van der Waals surface area contributed by atoms with E-state index in [-0.39, 0.29) is 0 Å². The standard InChI is InChI=1S/C18H30N2/c1-5-16-8-7-9-17(12-16)13-20-11-10-19(15(3)4)14-18(20)6-2/h7-9,12,15,18H,5-6,10-11,13-14H2,1-4H3. The molecule has 1 aliphatic heterocycles. The summed E-state index contributed by atoms with van der Waals surface area (Å²) in [4.78, 5) is 5.29. The summed E-state index contributed by atoms with van der Waals surface area (Å²) in [6.07, 6.45) is 2.38. The van der Waals surface area contributed by atoms with Crippen LogP contribution < -0.4 is 0 Å². The van der Waals surface area contributed by atoms with Gasteiger partial charge >= 0.3 is 0 Å². The number of benzene rings is 1. The molecular weight excluding hydrogens is 244 g/mol. The van der Waals surface area contributed by atoms with Crippen LogP contribution in [0.2, 0.25) is 0 Å². The highest BCUT2D eigenvalue weighted by atomic mass is 15.3. The van der Waals surface area contributed by atoms with Gasteiger partial charge < -0.3 is 0 Å². The maximum atomic E-state index is 2.67. The fourth-order valence-corrected chi connectivity index (χ4v) is 3.16. The molecule has 2 nitrogen and oxygen atoms in total. The fraction of sp³-hybridized carbons (Fsp3) is 0.667. The molecule has 1 aromatic rings. The van der Waals surface area contributed by atoms with Crippen LogP contribution in [0.25, 0.3) is 0 Å². The number of rotatable bonds is 5. The first kappa shape index (κ1) is 15.5. The Morgan fingerprint density at radius 2 is 1.90 bits per heavy atom. The number of aryl methyl sites for hydroxylation is 1. The first-order chi connectivity index (χ1) is 9.63. The van der Waals surface area contributed by atoms with Crippen LogP contribution in [0.3, 0.4) is 0 Å². The molecular formula is C18H30N2. The van der Waals surface area contributed by atoms with Crippen LogP contribution in [0.4, 0.5) is 0 Å². The monoisotopic (exact) mass is 274 g/mol. The SMILES string of the molecule is CCc1cccc(CN2CCN(C(C)C)CC2CC)c1. The highest BCUT2D eigenvalue weighted by Gasteiger charge is 2.26. The normalized spacial score (nSPS) is 21.6. The molecule has 1 saturated heterocycles. The van der Waals surface area contributed by atoms with E-state index in [2.05, 4.69) is 61.8 Å². The second kappa shape index (κ2) is 7.24. The fourth-order valence-electron chi connectivity index (χ4n) is 3.16. The third kappa shape index (κ3) is 3.83. The van der Waals surface area contributed by atoms with Crippen LogP contribution >= 0.6 is 0 Å². The Labute approximate surface area is 124 Å². The van der Waals surface area contributed by atoms with E-state index in [0.29, 0.717) is 12.1 Å². The molecule has 0 aliphatic carbocycles. The smallest absolute Gasteiger partial charge is 0.0237 e. The zero-order valence-electron chi connectivity index (χ0n) is 13.6. The Hall–Kier alpha value is -0.860. The third-order valence-corrected chi connectivity index (χ3v) is 4.62. The molecule has 112 valence electrons. The van der Waals surface area contributed by atoms with Crippen molar-refractivity contribution in [3.63, 3.8) is 0 Å². The summed E-state index contributed by atoms with van der Waals surface area (Å²) in [6.45, 7) is 13.9. The molecule has 2 heteroatoms. The average molecular weight is 274 g/mol. The van der Waals surface area contributed by atoms with Gasteiger partial charge in [-0.25, -0.2) is 0 Å². The van der Waals surface area contributed by atoms with Gasteiger partial charge in [-0.2, -0.15) is 0 Å². The highest BCUT2D eigenvalue weighted by Crippen LogP contribution is 2.18. The first-order valence-electron chi connectivity index (χ1n) is 8.20. The molecule has 0 radical (unpaired) electrons. The maximum absolute atomic E-state index is 2.67. The van der Waals surface area contributed by atoms with Crippen molar-refractivity contribution >= 4 is 0 Å². The number of nitrogens with zero attached hydrogens (tertiary/aromatic N) is 2. The lowest BCUT2D eigenvalue weighted by Gasteiger charge is -2.43. The number of piperazine rings is 1. The van der Waals surface area contributed by atoms with Gasteiger partial charge in [-0.05, 0) is 37.8 Å². The Kier molecular flexibility index (Phi) is 5.62. The summed E-state index contributed by atoms with van der Waals surface area (Å²) in [5, 5.41) is 0. The molecule has 1 atom stereocenters. The minimum Gasteiger partial charge on any atom is -0.298 e. The Morgan fingerprint density at radius 3 is 2.55 bits per heavy atom. The number of hydrogen-bond acceptors (Lipinski definition) is 2. The van der Waals surface area contributed by atoms with Crippen molar-refractivity contribution < 1.29 is 0 Å². The number of hydrogen-bond donors (Lipinski definition) is 0. The van der Waals surface area contributed by atoms with Crippen molar-refractivity contribution in [3.05, 3.63) is 35.4 Å². The van der Waals surface area contributed by atoms with E-state index in [4.69, 9.17) is 0 Å². The second-order valence-corrected chi connectivity index (χ2v) is 6.29. The van der Waals surface area contributed by atoms with Crippen molar-refractivity contribution in [1.82, 2.24) is 9.80 Å². The van der Waals surface area contributed by atoms with Crippen LogP contribution in [0, 0.1) is 0 Å². The molecule has 0 amide bonds. The lowest BCUT2D eigenvalue weighted by atomic mass is 10.0. The molecule has 1 aromatic carbocycles. The molecule has 2 rings (SSSR count). The third-order valence-electron chi connectivity index (χ3n) is 4.62. The predicted molar refractivity (Wildman–Crippen MR) is 87.0 cm³/mol. The molecule has 0 spiro atoms. The van der Waals surface area contributed by atoms with Gasteiger partial charge in [0.25, 0.3) is 0 Å². The van der Waals surface area contributed by atoms with E-state index in [1.807, 2.05) is 0 Å². The maximum Gasteiger partial charge on any atom is 0.0237 e. The summed E-state index contributed by atoms with van der Waals surface area (Å²) < 4.78 is 0. The molecule has 0 aromatic heterocycles.